The van der Waals surface area contributed by atoms with Crippen molar-refractivity contribution >= 4 is 11.9 Å². The highest BCUT2D eigenvalue weighted by molar-refractivity contribution is 6.00. The molecule has 0 spiro atoms. The second kappa shape index (κ2) is 9.60. The van der Waals surface area contributed by atoms with Gasteiger partial charge in [0.15, 0.2) is 0 Å². The van der Waals surface area contributed by atoms with E-state index in [-0.39, 0.29) is 35.2 Å². The molecule has 0 aromatic heterocycles. The first-order valence-corrected chi connectivity index (χ1v) is 11.4. The summed E-state index contributed by atoms with van der Waals surface area (Å²) >= 11 is 0. The number of carbonyl (C=O) groups excluding carboxylic acids is 2. The molecule has 1 N–H and O–H groups in total. The Morgan fingerprint density at radius 3 is 2.29 bits per heavy atom. The van der Waals surface area contributed by atoms with E-state index in [1.54, 1.807) is 13.8 Å². The van der Waals surface area contributed by atoms with Gasteiger partial charge in [0, 0.05) is 17.3 Å². The highest BCUT2D eigenvalue weighted by atomic mass is 19.4. The molecule has 4 rings (SSSR count). The first-order valence-electron chi connectivity index (χ1n) is 11.4. The first-order chi connectivity index (χ1) is 16.7. The average molecular weight is 486 g/mol. The lowest BCUT2D eigenvalue weighted by molar-refractivity contribution is -0.139. The van der Waals surface area contributed by atoms with E-state index >= 15 is 0 Å². The number of allylic oxidation sites excluding steroid dienone is 2. The van der Waals surface area contributed by atoms with Crippen LogP contribution in [0.3, 0.4) is 0 Å². The second-order valence-electron chi connectivity index (χ2n) is 8.62. The fourth-order valence-corrected chi connectivity index (χ4v) is 4.77. The van der Waals surface area contributed by atoms with E-state index in [1.807, 2.05) is 30.3 Å². The number of halogens is 3. The predicted molar refractivity (Wildman–Crippen MR) is 123 cm³/mol. The van der Waals surface area contributed by atoms with Crippen LogP contribution in [0.15, 0.2) is 77.1 Å². The van der Waals surface area contributed by atoms with Gasteiger partial charge in [-0.15, -0.1) is 0 Å². The minimum Gasteiger partial charge on any atom is -0.466 e. The summed E-state index contributed by atoms with van der Waals surface area (Å²) in [6, 6.07) is 14.5. The maximum absolute atomic E-state index is 13.5. The van der Waals surface area contributed by atoms with Gasteiger partial charge in [-0.1, -0.05) is 48.5 Å². The summed E-state index contributed by atoms with van der Waals surface area (Å²) in [7, 11) is 1.20. The molecule has 184 valence electrons. The second-order valence-corrected chi connectivity index (χ2v) is 8.62. The third-order valence-electron chi connectivity index (χ3n) is 6.43. The van der Waals surface area contributed by atoms with E-state index in [1.165, 1.54) is 19.2 Å². The molecule has 2 aromatic carbocycles. The number of hydrogen-bond donors (Lipinski definition) is 1. The quantitative estimate of drug-likeness (QED) is 0.551. The molecule has 0 bridgehead atoms. The molecule has 1 aliphatic carbocycles. The molecule has 2 aromatic rings. The predicted octanol–water partition coefficient (Wildman–Crippen LogP) is 5.46. The maximum Gasteiger partial charge on any atom is 0.416 e. The van der Waals surface area contributed by atoms with E-state index in [0.717, 1.165) is 24.1 Å². The minimum absolute atomic E-state index is 0.0701. The van der Waals surface area contributed by atoms with Crippen molar-refractivity contribution in [3.8, 4) is 0 Å². The third kappa shape index (κ3) is 4.83. The van der Waals surface area contributed by atoms with Crippen LogP contribution in [-0.4, -0.2) is 25.7 Å². The van der Waals surface area contributed by atoms with E-state index in [4.69, 9.17) is 9.47 Å². The number of methoxy groups -OCH3 is 1. The molecule has 1 aliphatic heterocycles. The number of carbonyl (C=O) groups is 2. The Kier molecular flexibility index (Phi) is 6.74. The minimum atomic E-state index is -4.58. The number of nitrogens with one attached hydrogen (secondary N) is 1. The lowest BCUT2D eigenvalue weighted by Crippen LogP contribution is -2.34. The SMILES string of the molecule is CCOC(=O)C1=C([C@@H]2C[C@H]2c2ccccc2)NC(C)=C(C(=O)OC)C1c1cccc(C(F)(F)F)c1. The molecule has 5 nitrogen and oxygen atoms in total. The smallest absolute Gasteiger partial charge is 0.416 e. The van der Waals surface area contributed by atoms with Crippen molar-refractivity contribution in [2.45, 2.75) is 38.3 Å². The number of dihydropyridines is 1. The fourth-order valence-electron chi connectivity index (χ4n) is 4.77. The molecular formula is C27H26F3NO4. The molecule has 2 aliphatic rings. The van der Waals surface area contributed by atoms with Crippen LogP contribution in [0.5, 0.6) is 0 Å². The van der Waals surface area contributed by atoms with Crippen LogP contribution in [0.25, 0.3) is 0 Å². The van der Waals surface area contributed by atoms with E-state index in [2.05, 4.69) is 5.32 Å². The van der Waals surface area contributed by atoms with Crippen LogP contribution in [0, 0.1) is 5.92 Å². The lowest BCUT2D eigenvalue weighted by atomic mass is 9.79. The number of ether oxygens (including phenoxy) is 2. The number of esters is 2. The molecular weight excluding hydrogens is 459 g/mol. The topological polar surface area (TPSA) is 64.6 Å². The molecule has 1 saturated carbocycles. The van der Waals surface area contributed by atoms with Crippen LogP contribution in [0.1, 0.15) is 48.8 Å². The maximum atomic E-state index is 13.5. The van der Waals surface area contributed by atoms with Crippen molar-refractivity contribution in [3.05, 3.63) is 93.8 Å². The molecule has 3 atom stereocenters. The lowest BCUT2D eigenvalue weighted by Gasteiger charge is -2.32. The number of alkyl halides is 3. The van der Waals surface area contributed by atoms with Crippen LogP contribution in [0.4, 0.5) is 13.2 Å². The largest absolute Gasteiger partial charge is 0.466 e. The van der Waals surface area contributed by atoms with Crippen molar-refractivity contribution in [1.82, 2.24) is 5.32 Å². The van der Waals surface area contributed by atoms with Crippen LogP contribution in [0.2, 0.25) is 0 Å². The Morgan fingerprint density at radius 1 is 0.971 bits per heavy atom. The Bertz CT molecular complexity index is 1200. The molecule has 1 fully saturated rings. The highest BCUT2D eigenvalue weighted by Gasteiger charge is 2.48. The Hall–Kier alpha value is -3.55. The van der Waals surface area contributed by atoms with Crippen molar-refractivity contribution in [2.24, 2.45) is 5.92 Å². The first kappa shape index (κ1) is 24.6. The number of rotatable bonds is 6. The van der Waals surface area contributed by atoms with Crippen molar-refractivity contribution < 1.29 is 32.2 Å². The molecule has 35 heavy (non-hydrogen) atoms. The van der Waals surface area contributed by atoms with Gasteiger partial charge >= 0.3 is 18.1 Å². The van der Waals surface area contributed by atoms with Gasteiger partial charge in [-0.25, -0.2) is 9.59 Å². The van der Waals surface area contributed by atoms with Crippen LogP contribution >= 0.6 is 0 Å². The summed E-state index contributed by atoms with van der Waals surface area (Å²) in [6.45, 7) is 3.39. The van der Waals surface area contributed by atoms with Gasteiger partial charge in [0.05, 0.1) is 36.3 Å². The molecule has 0 saturated heterocycles. The normalized spacial score (nSPS) is 21.9. The zero-order valence-corrected chi connectivity index (χ0v) is 19.6. The number of hydrogen-bond acceptors (Lipinski definition) is 5. The van der Waals surface area contributed by atoms with Crippen LogP contribution < -0.4 is 5.32 Å². The van der Waals surface area contributed by atoms with Gasteiger partial charge in [0.2, 0.25) is 0 Å². The van der Waals surface area contributed by atoms with Gasteiger partial charge in [-0.2, -0.15) is 13.2 Å². The van der Waals surface area contributed by atoms with Gasteiger partial charge in [-0.3, -0.25) is 0 Å². The van der Waals surface area contributed by atoms with Crippen molar-refractivity contribution in [2.75, 3.05) is 13.7 Å². The van der Waals surface area contributed by atoms with Crippen molar-refractivity contribution in [3.63, 3.8) is 0 Å². The average Bonchev–Trinajstić information content (AvgIpc) is 3.64. The Morgan fingerprint density at radius 2 is 1.66 bits per heavy atom. The monoisotopic (exact) mass is 485 g/mol. The number of benzene rings is 2. The Balaban J connectivity index is 1.89. The summed E-state index contributed by atoms with van der Waals surface area (Å²) in [5, 5.41) is 3.21. The zero-order valence-electron chi connectivity index (χ0n) is 19.6. The Labute approximate surface area is 201 Å². The summed E-state index contributed by atoms with van der Waals surface area (Å²) in [5.41, 5.74) is 1.63. The van der Waals surface area contributed by atoms with Gasteiger partial charge in [-0.05, 0) is 43.4 Å². The molecule has 1 unspecified atom stereocenters. The highest BCUT2D eigenvalue weighted by Crippen LogP contribution is 2.55. The van der Waals surface area contributed by atoms with E-state index in [0.29, 0.717) is 11.4 Å². The van der Waals surface area contributed by atoms with Gasteiger partial charge in [0.1, 0.15) is 0 Å². The van der Waals surface area contributed by atoms with E-state index < -0.39 is 29.6 Å². The zero-order chi connectivity index (χ0) is 25.3. The van der Waals surface area contributed by atoms with Crippen LogP contribution in [-0.2, 0) is 25.2 Å². The van der Waals surface area contributed by atoms with Crippen molar-refractivity contribution in [1.29, 1.82) is 0 Å². The third-order valence-corrected chi connectivity index (χ3v) is 6.43. The van der Waals surface area contributed by atoms with Gasteiger partial charge in [0.25, 0.3) is 0 Å². The van der Waals surface area contributed by atoms with Gasteiger partial charge < -0.3 is 14.8 Å². The van der Waals surface area contributed by atoms with E-state index in [9.17, 15) is 22.8 Å². The fraction of sp³-hybridized carbons (Fsp3) is 0.333. The standard InChI is InChI=1S/C27H26F3NO4/c1-4-35-26(33)23-22(17-11-8-12-18(13-17)27(28,29)30)21(25(32)34-3)15(2)31-24(23)20-14-19(20)16-9-6-5-7-10-16/h5-13,19-20,22,31H,4,14H2,1-3H3/t19-,20+,22?/m0/s1. The molecule has 0 radical (unpaired) electrons. The summed E-state index contributed by atoms with van der Waals surface area (Å²) in [6.07, 6.45) is -3.83. The summed E-state index contributed by atoms with van der Waals surface area (Å²) in [5.74, 6) is -2.41. The summed E-state index contributed by atoms with van der Waals surface area (Å²) in [4.78, 5) is 26.1. The molecule has 1 heterocycles. The molecule has 0 amide bonds. The summed E-state index contributed by atoms with van der Waals surface area (Å²) < 4.78 is 50.9. The molecule has 8 heteroatoms.